The highest BCUT2D eigenvalue weighted by Crippen LogP contribution is 2.49. The number of hydrogen-bond acceptors (Lipinski definition) is 0. The van der Waals surface area contributed by atoms with Crippen LogP contribution in [0.15, 0.2) is 84.9 Å². The molecular formula is C32H34Si. The third-order valence-corrected chi connectivity index (χ3v) is 12.6. The van der Waals surface area contributed by atoms with Crippen LogP contribution in [-0.2, 0) is 0 Å². The Balaban J connectivity index is 1.52. The van der Waals surface area contributed by atoms with E-state index in [-0.39, 0.29) is 0 Å². The summed E-state index contributed by atoms with van der Waals surface area (Å²) < 4.78 is 0. The number of rotatable bonds is 3. The van der Waals surface area contributed by atoms with E-state index in [1.54, 1.807) is 10.8 Å². The highest BCUT2D eigenvalue weighted by atomic mass is 28.3. The molecule has 0 aromatic heterocycles. The van der Waals surface area contributed by atoms with Crippen molar-refractivity contribution in [3.05, 3.63) is 102 Å². The molecule has 0 nitrogen and oxygen atoms in total. The van der Waals surface area contributed by atoms with Gasteiger partial charge in [0.05, 0.1) is 8.07 Å². The Bertz CT molecular complexity index is 1300. The molecule has 0 spiro atoms. The van der Waals surface area contributed by atoms with Crippen LogP contribution in [0.2, 0.25) is 13.1 Å². The van der Waals surface area contributed by atoms with Gasteiger partial charge in [-0.2, -0.15) is 0 Å². The molecule has 0 bridgehead atoms. The van der Waals surface area contributed by atoms with Crippen LogP contribution in [0, 0.1) is 11.8 Å². The van der Waals surface area contributed by atoms with Gasteiger partial charge in [0.15, 0.2) is 0 Å². The normalized spacial score (nSPS) is 22.5. The Morgan fingerprint density at radius 2 is 1.36 bits per heavy atom. The van der Waals surface area contributed by atoms with Crippen LogP contribution >= 0.6 is 0 Å². The fraction of sp³-hybridized carbons (Fsp3) is 0.312. The summed E-state index contributed by atoms with van der Waals surface area (Å²) in [6.07, 6.45) is 2.69. The van der Waals surface area contributed by atoms with Crippen LogP contribution < -0.4 is 5.19 Å². The predicted molar refractivity (Wildman–Crippen MR) is 145 cm³/mol. The molecule has 1 saturated carbocycles. The van der Waals surface area contributed by atoms with Gasteiger partial charge in [0, 0.05) is 5.54 Å². The summed E-state index contributed by atoms with van der Waals surface area (Å²) in [5, 5.41) is 4.51. The average molecular weight is 447 g/mol. The fourth-order valence-electron chi connectivity index (χ4n) is 7.20. The van der Waals surface area contributed by atoms with Crippen molar-refractivity contribution in [1.82, 2.24) is 0 Å². The SMILES string of the molecule is CC1CC(c2ccc3cccc([Si](C)(C)C4c5ccccc5-c5ccccc54)c3c2)[C@@H](C)C1. The number of fused-ring (bicyclic) bond motifs is 4. The Morgan fingerprint density at radius 1 is 0.697 bits per heavy atom. The van der Waals surface area contributed by atoms with Crippen LogP contribution in [0.5, 0.6) is 0 Å². The van der Waals surface area contributed by atoms with Gasteiger partial charge in [-0.05, 0) is 69.2 Å². The maximum atomic E-state index is 2.60. The van der Waals surface area contributed by atoms with E-state index >= 15 is 0 Å². The van der Waals surface area contributed by atoms with Crippen LogP contribution in [-0.4, -0.2) is 8.07 Å². The summed E-state index contributed by atoms with van der Waals surface area (Å²) in [7, 11) is -1.91. The summed E-state index contributed by atoms with van der Waals surface area (Å²) in [6.45, 7) is 10.1. The zero-order valence-electron chi connectivity index (χ0n) is 20.3. The Kier molecular flexibility index (Phi) is 4.89. The van der Waals surface area contributed by atoms with Crippen LogP contribution in [0.25, 0.3) is 21.9 Å². The predicted octanol–water partition coefficient (Wildman–Crippen LogP) is 8.26. The highest BCUT2D eigenvalue weighted by molar-refractivity contribution is 6.93. The molecule has 0 aliphatic heterocycles. The van der Waals surface area contributed by atoms with Gasteiger partial charge >= 0.3 is 0 Å². The van der Waals surface area contributed by atoms with Gasteiger partial charge in [0.25, 0.3) is 0 Å². The van der Waals surface area contributed by atoms with Gasteiger partial charge in [-0.15, -0.1) is 0 Å². The zero-order chi connectivity index (χ0) is 22.7. The quantitative estimate of drug-likeness (QED) is 0.278. The lowest BCUT2D eigenvalue weighted by atomic mass is 9.89. The molecular weight excluding hydrogens is 412 g/mol. The first-order valence-electron chi connectivity index (χ1n) is 12.7. The standard InChI is InChI=1S/C32H34Si/c1-21-18-22(2)29(19-21)24-17-16-23-10-9-15-31(30(23)20-24)33(3,4)32-27-13-7-5-11-25(27)26-12-6-8-14-28(26)32/h5-17,20-22,29,32H,18-19H2,1-4H3/t21?,22-,29?/m0/s1. The van der Waals surface area contributed by atoms with E-state index in [0.717, 1.165) is 11.8 Å². The second kappa shape index (κ2) is 7.70. The first kappa shape index (κ1) is 20.9. The van der Waals surface area contributed by atoms with E-state index < -0.39 is 8.07 Å². The molecule has 0 heterocycles. The molecule has 1 heteroatoms. The van der Waals surface area contributed by atoms with Crippen molar-refractivity contribution in [2.24, 2.45) is 11.8 Å². The van der Waals surface area contributed by atoms with Crippen molar-refractivity contribution >= 4 is 24.0 Å². The molecule has 33 heavy (non-hydrogen) atoms. The summed E-state index contributed by atoms with van der Waals surface area (Å²) >= 11 is 0. The zero-order valence-corrected chi connectivity index (χ0v) is 21.3. The third kappa shape index (κ3) is 3.24. The smallest absolute Gasteiger partial charge is 0.0647 e. The lowest BCUT2D eigenvalue weighted by Gasteiger charge is -2.33. The maximum absolute atomic E-state index is 2.60. The van der Waals surface area contributed by atoms with Crippen LogP contribution in [0.1, 0.15) is 54.8 Å². The van der Waals surface area contributed by atoms with Gasteiger partial charge in [0.1, 0.15) is 0 Å². The second-order valence-corrected chi connectivity index (χ2v) is 15.8. The molecule has 6 rings (SSSR count). The topological polar surface area (TPSA) is 0 Å². The number of hydrogen-bond donors (Lipinski definition) is 0. The number of benzene rings is 4. The summed E-state index contributed by atoms with van der Waals surface area (Å²) in [5.74, 6) is 2.33. The fourth-order valence-corrected chi connectivity index (χ4v) is 11.0. The van der Waals surface area contributed by atoms with Gasteiger partial charge in [-0.25, -0.2) is 0 Å². The van der Waals surface area contributed by atoms with E-state index in [1.807, 2.05) is 0 Å². The molecule has 1 fully saturated rings. The van der Waals surface area contributed by atoms with Gasteiger partial charge < -0.3 is 0 Å². The van der Waals surface area contributed by atoms with Crippen molar-refractivity contribution in [3.8, 4) is 11.1 Å². The van der Waals surface area contributed by atoms with Gasteiger partial charge in [-0.3, -0.25) is 0 Å². The Hall–Kier alpha value is -2.64. The summed E-state index contributed by atoms with van der Waals surface area (Å²) in [5.41, 5.74) is 7.98. The van der Waals surface area contributed by atoms with E-state index in [9.17, 15) is 0 Å². The molecule has 3 atom stereocenters. The van der Waals surface area contributed by atoms with E-state index in [4.69, 9.17) is 0 Å². The third-order valence-electron chi connectivity index (χ3n) is 8.70. The van der Waals surface area contributed by atoms with E-state index in [1.165, 1.54) is 45.9 Å². The van der Waals surface area contributed by atoms with Crippen molar-refractivity contribution in [3.63, 3.8) is 0 Å². The van der Waals surface area contributed by atoms with Crippen LogP contribution in [0.3, 0.4) is 0 Å². The molecule has 4 aromatic carbocycles. The van der Waals surface area contributed by atoms with Crippen molar-refractivity contribution in [2.75, 3.05) is 0 Å². The molecule has 2 aliphatic carbocycles. The molecule has 0 amide bonds. The molecule has 166 valence electrons. The first-order valence-corrected chi connectivity index (χ1v) is 15.7. The van der Waals surface area contributed by atoms with Gasteiger partial charge in [-0.1, -0.05) is 117 Å². The lowest BCUT2D eigenvalue weighted by molar-refractivity contribution is 0.526. The molecule has 2 unspecified atom stereocenters. The van der Waals surface area contributed by atoms with Gasteiger partial charge in [0.2, 0.25) is 0 Å². The monoisotopic (exact) mass is 446 g/mol. The van der Waals surface area contributed by atoms with E-state index in [0.29, 0.717) is 11.5 Å². The Morgan fingerprint density at radius 3 is 2.00 bits per heavy atom. The molecule has 0 radical (unpaired) electrons. The minimum absolute atomic E-state index is 0.490. The van der Waals surface area contributed by atoms with Crippen molar-refractivity contribution < 1.29 is 0 Å². The summed E-state index contributed by atoms with van der Waals surface area (Å²) in [4.78, 5) is 0. The highest BCUT2D eigenvalue weighted by Gasteiger charge is 2.42. The largest absolute Gasteiger partial charge is 0.0935 e. The summed E-state index contributed by atoms with van der Waals surface area (Å²) in [6, 6.07) is 32.7. The maximum Gasteiger partial charge on any atom is 0.0935 e. The average Bonchev–Trinajstić information content (AvgIpc) is 3.35. The molecule has 4 aromatic rings. The molecule has 2 aliphatic rings. The van der Waals surface area contributed by atoms with Crippen molar-refractivity contribution in [2.45, 2.75) is 51.2 Å². The van der Waals surface area contributed by atoms with Crippen molar-refractivity contribution in [1.29, 1.82) is 0 Å². The minimum Gasteiger partial charge on any atom is -0.0647 e. The second-order valence-electron chi connectivity index (χ2n) is 11.3. The first-order chi connectivity index (χ1) is 15.9. The molecule has 0 N–H and O–H groups in total. The Labute approximate surface area is 199 Å². The minimum atomic E-state index is -1.91. The van der Waals surface area contributed by atoms with Crippen LogP contribution in [0.4, 0.5) is 0 Å². The molecule has 0 saturated heterocycles. The van der Waals surface area contributed by atoms with E-state index in [2.05, 4.69) is 112 Å². The lowest BCUT2D eigenvalue weighted by Crippen LogP contribution is -2.48.